The summed E-state index contributed by atoms with van der Waals surface area (Å²) in [6.07, 6.45) is 0.307. The van der Waals surface area contributed by atoms with Gasteiger partial charge in [0.05, 0.1) is 20.3 Å². The molecule has 1 atom stereocenters. The minimum Gasteiger partial charge on any atom is -0.467 e. The summed E-state index contributed by atoms with van der Waals surface area (Å²) >= 11 is 0. The molecule has 0 bridgehead atoms. The van der Waals surface area contributed by atoms with Gasteiger partial charge in [-0.15, -0.1) is 0 Å². The highest BCUT2D eigenvalue weighted by Crippen LogP contribution is 2.34. The number of benzene rings is 1. The standard InChI is InChI=1S/C20H25NO6/c1-14-11-16(22)21(18(24)27-19(2,3)4)20(14,17(23)25-5)13-26-12-15-9-7-6-8-10-15/h6-11H,12-13H2,1-5H3/t20-/m1/s1. The van der Waals surface area contributed by atoms with Crippen LogP contribution in [0.4, 0.5) is 4.79 Å². The molecule has 0 unspecified atom stereocenters. The van der Waals surface area contributed by atoms with Gasteiger partial charge in [-0.3, -0.25) is 4.79 Å². The third-order valence-corrected chi connectivity index (χ3v) is 4.12. The van der Waals surface area contributed by atoms with Gasteiger partial charge in [0.15, 0.2) is 5.54 Å². The van der Waals surface area contributed by atoms with Gasteiger partial charge in [0.25, 0.3) is 5.91 Å². The van der Waals surface area contributed by atoms with Gasteiger partial charge < -0.3 is 14.2 Å². The van der Waals surface area contributed by atoms with E-state index in [1.807, 2.05) is 30.3 Å². The molecule has 1 aliphatic heterocycles. The molecule has 0 saturated carbocycles. The lowest BCUT2D eigenvalue weighted by Gasteiger charge is -2.36. The van der Waals surface area contributed by atoms with E-state index in [-0.39, 0.29) is 13.2 Å². The van der Waals surface area contributed by atoms with E-state index in [1.165, 1.54) is 13.2 Å². The van der Waals surface area contributed by atoms with Crippen LogP contribution in [0.3, 0.4) is 0 Å². The molecule has 146 valence electrons. The molecule has 7 heteroatoms. The maximum Gasteiger partial charge on any atom is 0.418 e. The fraction of sp³-hybridized carbons (Fsp3) is 0.450. The number of hydrogen-bond donors (Lipinski definition) is 0. The Labute approximate surface area is 158 Å². The van der Waals surface area contributed by atoms with Gasteiger partial charge in [0.2, 0.25) is 0 Å². The smallest absolute Gasteiger partial charge is 0.418 e. The zero-order valence-electron chi connectivity index (χ0n) is 16.3. The molecule has 1 heterocycles. The van der Waals surface area contributed by atoms with Gasteiger partial charge in [0, 0.05) is 6.08 Å². The number of imide groups is 1. The Balaban J connectivity index is 2.31. The van der Waals surface area contributed by atoms with Crippen LogP contribution >= 0.6 is 0 Å². The van der Waals surface area contributed by atoms with Crippen LogP contribution < -0.4 is 0 Å². The summed E-state index contributed by atoms with van der Waals surface area (Å²) in [6.45, 7) is 6.60. The van der Waals surface area contributed by atoms with E-state index < -0.39 is 29.1 Å². The summed E-state index contributed by atoms with van der Waals surface area (Å²) in [5.74, 6) is -1.41. The number of ether oxygens (including phenoxy) is 3. The Hall–Kier alpha value is -2.67. The molecule has 7 nitrogen and oxygen atoms in total. The van der Waals surface area contributed by atoms with E-state index in [2.05, 4.69) is 0 Å². The topological polar surface area (TPSA) is 82.1 Å². The Morgan fingerprint density at radius 1 is 1.15 bits per heavy atom. The number of nitrogens with zero attached hydrogens (tertiary/aromatic N) is 1. The van der Waals surface area contributed by atoms with Crippen molar-refractivity contribution in [2.45, 2.75) is 45.4 Å². The molecular weight excluding hydrogens is 350 g/mol. The number of amides is 2. The van der Waals surface area contributed by atoms with Crippen LogP contribution in [0.1, 0.15) is 33.3 Å². The highest BCUT2D eigenvalue weighted by molar-refractivity contribution is 6.09. The first-order chi connectivity index (χ1) is 12.6. The van der Waals surface area contributed by atoms with Crippen molar-refractivity contribution in [3.05, 3.63) is 47.5 Å². The average molecular weight is 375 g/mol. The van der Waals surface area contributed by atoms with E-state index in [0.29, 0.717) is 5.57 Å². The molecule has 0 spiro atoms. The van der Waals surface area contributed by atoms with Gasteiger partial charge >= 0.3 is 12.1 Å². The normalized spacial score (nSPS) is 19.7. The van der Waals surface area contributed by atoms with Crippen molar-refractivity contribution >= 4 is 18.0 Å². The lowest BCUT2D eigenvalue weighted by Crippen LogP contribution is -2.60. The zero-order valence-corrected chi connectivity index (χ0v) is 16.3. The Morgan fingerprint density at radius 2 is 1.78 bits per heavy atom. The fourth-order valence-corrected chi connectivity index (χ4v) is 2.84. The quantitative estimate of drug-likeness (QED) is 0.736. The molecule has 2 rings (SSSR count). The molecule has 1 aromatic rings. The molecule has 0 saturated heterocycles. The van der Waals surface area contributed by atoms with E-state index in [0.717, 1.165) is 10.5 Å². The van der Waals surface area contributed by atoms with Crippen LogP contribution in [0.2, 0.25) is 0 Å². The molecule has 0 radical (unpaired) electrons. The number of carbonyl (C=O) groups excluding carboxylic acids is 3. The molecule has 1 aliphatic rings. The van der Waals surface area contributed by atoms with Crippen LogP contribution in [0.5, 0.6) is 0 Å². The zero-order chi connectivity index (χ0) is 20.2. The van der Waals surface area contributed by atoms with Crippen LogP contribution in [-0.4, -0.2) is 47.7 Å². The van der Waals surface area contributed by atoms with Crippen LogP contribution in [0, 0.1) is 0 Å². The minimum atomic E-state index is -1.69. The lowest BCUT2D eigenvalue weighted by atomic mass is 9.92. The molecule has 0 aromatic heterocycles. The second-order valence-electron chi connectivity index (χ2n) is 7.31. The molecule has 0 fully saturated rings. The number of rotatable bonds is 5. The van der Waals surface area contributed by atoms with Crippen molar-refractivity contribution in [1.29, 1.82) is 0 Å². The number of hydrogen-bond acceptors (Lipinski definition) is 6. The molecule has 1 aromatic carbocycles. The molecular formula is C20H25NO6. The molecule has 0 aliphatic carbocycles. The Morgan fingerprint density at radius 3 is 2.33 bits per heavy atom. The maximum atomic E-state index is 12.7. The summed E-state index contributed by atoms with van der Waals surface area (Å²) in [6, 6.07) is 9.36. The number of carbonyl (C=O) groups is 3. The van der Waals surface area contributed by atoms with Crippen molar-refractivity contribution in [2.75, 3.05) is 13.7 Å². The monoisotopic (exact) mass is 375 g/mol. The Kier molecular flexibility index (Phi) is 6.05. The van der Waals surface area contributed by atoms with Crippen molar-refractivity contribution in [3.8, 4) is 0 Å². The predicted molar refractivity (Wildman–Crippen MR) is 97.7 cm³/mol. The number of methoxy groups -OCH3 is 1. The minimum absolute atomic E-state index is 0.212. The van der Waals surface area contributed by atoms with Gasteiger partial charge in [0.1, 0.15) is 5.60 Å². The van der Waals surface area contributed by atoms with E-state index in [9.17, 15) is 14.4 Å². The summed E-state index contributed by atoms with van der Waals surface area (Å²) < 4.78 is 15.9. The third kappa shape index (κ3) is 4.36. The lowest BCUT2D eigenvalue weighted by molar-refractivity contribution is -0.159. The largest absolute Gasteiger partial charge is 0.467 e. The summed E-state index contributed by atoms with van der Waals surface area (Å²) in [4.78, 5) is 38.6. The predicted octanol–water partition coefficient (Wildman–Crippen LogP) is 2.84. The van der Waals surface area contributed by atoms with Crippen molar-refractivity contribution in [2.24, 2.45) is 0 Å². The number of esters is 1. The van der Waals surface area contributed by atoms with Crippen molar-refractivity contribution < 1.29 is 28.6 Å². The fourth-order valence-electron chi connectivity index (χ4n) is 2.84. The summed E-state index contributed by atoms with van der Waals surface area (Å²) in [7, 11) is 1.20. The first-order valence-electron chi connectivity index (χ1n) is 8.58. The van der Waals surface area contributed by atoms with Gasteiger partial charge in [-0.05, 0) is 38.8 Å². The maximum absolute atomic E-state index is 12.7. The summed E-state index contributed by atoms with van der Waals surface area (Å²) in [5, 5.41) is 0. The second-order valence-corrected chi connectivity index (χ2v) is 7.31. The van der Waals surface area contributed by atoms with Crippen molar-refractivity contribution in [3.63, 3.8) is 0 Å². The average Bonchev–Trinajstić information content (AvgIpc) is 2.84. The Bertz CT molecular complexity index is 749. The SMILES string of the molecule is COC(=O)[C@@]1(COCc2ccccc2)C(C)=CC(=O)N1C(=O)OC(C)(C)C. The molecule has 27 heavy (non-hydrogen) atoms. The van der Waals surface area contributed by atoms with Crippen LogP contribution in [0.25, 0.3) is 0 Å². The highest BCUT2D eigenvalue weighted by atomic mass is 16.6. The van der Waals surface area contributed by atoms with Gasteiger partial charge in [-0.25, -0.2) is 14.5 Å². The summed E-state index contributed by atoms with van der Waals surface area (Å²) in [5.41, 5.74) is -1.27. The van der Waals surface area contributed by atoms with Crippen molar-refractivity contribution in [1.82, 2.24) is 4.90 Å². The molecule has 0 N–H and O–H groups in total. The first-order valence-corrected chi connectivity index (χ1v) is 8.58. The van der Waals surface area contributed by atoms with Crippen LogP contribution in [0.15, 0.2) is 42.0 Å². The van der Waals surface area contributed by atoms with Crippen LogP contribution in [-0.2, 0) is 30.4 Å². The molecule has 2 amide bonds. The second kappa shape index (κ2) is 7.92. The van der Waals surface area contributed by atoms with Gasteiger partial charge in [-0.2, -0.15) is 0 Å². The van der Waals surface area contributed by atoms with Gasteiger partial charge in [-0.1, -0.05) is 30.3 Å². The highest BCUT2D eigenvalue weighted by Gasteiger charge is 2.57. The van der Waals surface area contributed by atoms with E-state index in [1.54, 1.807) is 27.7 Å². The first kappa shape index (κ1) is 20.6. The van der Waals surface area contributed by atoms with E-state index >= 15 is 0 Å². The van der Waals surface area contributed by atoms with E-state index in [4.69, 9.17) is 14.2 Å². The third-order valence-electron chi connectivity index (χ3n) is 4.12.